The van der Waals surface area contributed by atoms with Crippen molar-refractivity contribution in [2.75, 3.05) is 5.43 Å². The molecule has 4 nitrogen and oxygen atoms in total. The normalized spacial score (nSPS) is 24.6. The number of fused-ring (bicyclic) bond motifs is 2. The van der Waals surface area contributed by atoms with Crippen LogP contribution in [0.25, 0.3) is 11.4 Å². The van der Waals surface area contributed by atoms with Crippen LogP contribution in [0.2, 0.25) is 5.02 Å². The molecule has 1 aliphatic carbocycles. The molecular weight excluding hydrogens is 292 g/mol. The lowest BCUT2D eigenvalue weighted by molar-refractivity contribution is 0.432. The van der Waals surface area contributed by atoms with Crippen molar-refractivity contribution in [3.05, 3.63) is 29.3 Å². The van der Waals surface area contributed by atoms with Gasteiger partial charge in [0.05, 0.1) is 6.04 Å². The molecule has 2 aliphatic rings. The maximum atomic E-state index is 6.07. The summed E-state index contributed by atoms with van der Waals surface area (Å²) in [5.41, 5.74) is 4.59. The van der Waals surface area contributed by atoms with Gasteiger partial charge in [-0.25, -0.2) is 4.68 Å². The second-order valence-corrected chi connectivity index (χ2v) is 6.97. The van der Waals surface area contributed by atoms with Crippen molar-refractivity contribution in [1.29, 1.82) is 0 Å². The van der Waals surface area contributed by atoms with E-state index in [4.69, 9.17) is 11.6 Å². The number of thioether (sulfide) groups is 1. The minimum absolute atomic E-state index is 0.523. The van der Waals surface area contributed by atoms with Crippen molar-refractivity contribution >= 4 is 23.4 Å². The highest BCUT2D eigenvalue weighted by atomic mass is 35.5. The molecule has 0 saturated heterocycles. The van der Waals surface area contributed by atoms with Gasteiger partial charge in [0, 0.05) is 15.8 Å². The maximum absolute atomic E-state index is 6.07. The molecule has 6 heteroatoms. The molecule has 1 saturated carbocycles. The average molecular weight is 307 g/mol. The summed E-state index contributed by atoms with van der Waals surface area (Å²) in [4.78, 5) is 0. The molecule has 0 amide bonds. The molecular formula is C14H15ClN4S. The van der Waals surface area contributed by atoms with Crippen LogP contribution in [0.3, 0.4) is 0 Å². The molecule has 0 radical (unpaired) electrons. The van der Waals surface area contributed by atoms with Crippen LogP contribution in [0.4, 0.5) is 0 Å². The van der Waals surface area contributed by atoms with E-state index in [-0.39, 0.29) is 0 Å². The fourth-order valence-electron chi connectivity index (χ4n) is 2.96. The zero-order valence-corrected chi connectivity index (χ0v) is 12.5. The van der Waals surface area contributed by atoms with E-state index < -0.39 is 0 Å². The van der Waals surface area contributed by atoms with Gasteiger partial charge in [0.1, 0.15) is 0 Å². The Bertz CT molecular complexity index is 642. The lowest BCUT2D eigenvalue weighted by Crippen LogP contribution is -2.42. The third kappa shape index (κ3) is 2.09. The summed E-state index contributed by atoms with van der Waals surface area (Å²) in [6.07, 6.45) is 5.12. The van der Waals surface area contributed by atoms with E-state index >= 15 is 0 Å². The lowest BCUT2D eigenvalue weighted by atomic mass is 9.95. The fourth-order valence-corrected chi connectivity index (χ4v) is 4.40. The smallest absolute Gasteiger partial charge is 0.210 e. The van der Waals surface area contributed by atoms with E-state index in [1.807, 2.05) is 40.7 Å². The summed E-state index contributed by atoms with van der Waals surface area (Å²) in [6.45, 7) is 0. The van der Waals surface area contributed by atoms with E-state index in [1.54, 1.807) is 0 Å². The average Bonchev–Trinajstić information content (AvgIpc) is 2.87. The van der Waals surface area contributed by atoms with Crippen molar-refractivity contribution < 1.29 is 0 Å². The molecule has 104 valence electrons. The Morgan fingerprint density at radius 1 is 1.25 bits per heavy atom. The van der Waals surface area contributed by atoms with Gasteiger partial charge >= 0.3 is 0 Å². The molecule has 4 rings (SSSR count). The zero-order valence-electron chi connectivity index (χ0n) is 10.9. The van der Waals surface area contributed by atoms with Crippen molar-refractivity contribution in [3.8, 4) is 11.4 Å². The Morgan fingerprint density at radius 3 is 3.05 bits per heavy atom. The standard InChI is InChI=1S/C14H15ClN4S/c15-10-5-3-4-9(8-10)13-16-17-14-19(13)18-11-6-1-2-7-12(11)20-14/h3-5,8,11-12,18H,1-2,6-7H2. The highest BCUT2D eigenvalue weighted by molar-refractivity contribution is 7.99. The van der Waals surface area contributed by atoms with Crippen molar-refractivity contribution in [3.63, 3.8) is 0 Å². The number of hydrogen-bond donors (Lipinski definition) is 1. The summed E-state index contributed by atoms with van der Waals surface area (Å²) >= 11 is 7.93. The number of halogens is 1. The number of nitrogens with zero attached hydrogens (tertiary/aromatic N) is 3. The molecule has 2 unspecified atom stereocenters. The Kier molecular flexibility index (Phi) is 3.11. The molecule has 1 fully saturated rings. The number of aromatic nitrogens is 3. The lowest BCUT2D eigenvalue weighted by Gasteiger charge is -2.36. The molecule has 0 spiro atoms. The first-order valence-electron chi connectivity index (χ1n) is 6.96. The van der Waals surface area contributed by atoms with Crippen molar-refractivity contribution in [2.24, 2.45) is 0 Å². The predicted molar refractivity (Wildman–Crippen MR) is 81.7 cm³/mol. The first-order chi connectivity index (χ1) is 9.81. The minimum atomic E-state index is 0.523. The van der Waals surface area contributed by atoms with Gasteiger partial charge in [-0.15, -0.1) is 10.2 Å². The third-order valence-corrected chi connectivity index (χ3v) is 5.55. The summed E-state index contributed by atoms with van der Waals surface area (Å²) < 4.78 is 2.03. The summed E-state index contributed by atoms with van der Waals surface area (Å²) in [7, 11) is 0. The monoisotopic (exact) mass is 306 g/mol. The quantitative estimate of drug-likeness (QED) is 0.875. The second-order valence-electron chi connectivity index (χ2n) is 5.33. The van der Waals surface area contributed by atoms with Gasteiger partial charge in [0.15, 0.2) is 5.82 Å². The highest BCUT2D eigenvalue weighted by Gasteiger charge is 2.33. The van der Waals surface area contributed by atoms with Crippen LogP contribution in [-0.2, 0) is 0 Å². The minimum Gasteiger partial charge on any atom is -0.318 e. The van der Waals surface area contributed by atoms with Gasteiger partial charge < -0.3 is 5.43 Å². The van der Waals surface area contributed by atoms with E-state index in [0.29, 0.717) is 11.3 Å². The van der Waals surface area contributed by atoms with Gasteiger partial charge in [-0.05, 0) is 25.0 Å². The fraction of sp³-hybridized carbons (Fsp3) is 0.429. The van der Waals surface area contributed by atoms with Crippen LogP contribution in [0.15, 0.2) is 29.4 Å². The van der Waals surface area contributed by atoms with Gasteiger partial charge in [-0.2, -0.15) is 0 Å². The van der Waals surface area contributed by atoms with Gasteiger partial charge in [-0.3, -0.25) is 0 Å². The summed E-state index contributed by atoms with van der Waals surface area (Å²) in [5, 5.41) is 11.0. The third-order valence-electron chi connectivity index (χ3n) is 3.97. The molecule has 2 heterocycles. The van der Waals surface area contributed by atoms with Crippen LogP contribution in [0.1, 0.15) is 25.7 Å². The molecule has 2 atom stereocenters. The Morgan fingerprint density at radius 2 is 2.15 bits per heavy atom. The second kappa shape index (κ2) is 4.97. The molecule has 1 aromatic heterocycles. The van der Waals surface area contributed by atoms with Crippen LogP contribution in [0, 0.1) is 0 Å². The molecule has 1 aliphatic heterocycles. The maximum Gasteiger partial charge on any atom is 0.210 e. The van der Waals surface area contributed by atoms with Crippen LogP contribution in [-0.4, -0.2) is 26.2 Å². The van der Waals surface area contributed by atoms with E-state index in [1.165, 1.54) is 25.7 Å². The van der Waals surface area contributed by atoms with E-state index in [9.17, 15) is 0 Å². The Labute approximate surface area is 126 Å². The summed E-state index contributed by atoms with van der Waals surface area (Å²) in [6, 6.07) is 8.28. The molecule has 1 N–H and O–H groups in total. The van der Waals surface area contributed by atoms with Crippen LogP contribution >= 0.6 is 23.4 Å². The first-order valence-corrected chi connectivity index (χ1v) is 8.21. The topological polar surface area (TPSA) is 42.7 Å². The number of rotatable bonds is 1. The number of benzene rings is 1. The van der Waals surface area contributed by atoms with Crippen LogP contribution in [0.5, 0.6) is 0 Å². The zero-order chi connectivity index (χ0) is 13.5. The van der Waals surface area contributed by atoms with Crippen LogP contribution < -0.4 is 5.43 Å². The predicted octanol–water partition coefficient (Wildman–Crippen LogP) is 3.56. The van der Waals surface area contributed by atoms with Gasteiger partial charge in [0.2, 0.25) is 5.16 Å². The number of nitrogens with one attached hydrogen (secondary N) is 1. The summed E-state index contributed by atoms with van der Waals surface area (Å²) in [5.74, 6) is 0.846. The highest BCUT2D eigenvalue weighted by Crippen LogP contribution is 2.38. The van der Waals surface area contributed by atoms with Gasteiger partial charge in [0.25, 0.3) is 0 Å². The number of hydrogen-bond acceptors (Lipinski definition) is 4. The largest absolute Gasteiger partial charge is 0.318 e. The molecule has 0 bridgehead atoms. The molecule has 1 aromatic carbocycles. The van der Waals surface area contributed by atoms with E-state index in [2.05, 4.69) is 15.6 Å². The Hall–Kier alpha value is -1.20. The SMILES string of the molecule is Clc1cccc(-c2nnc3n2NC2CCCCC2S3)c1. The van der Waals surface area contributed by atoms with Crippen molar-refractivity contribution in [1.82, 2.24) is 14.9 Å². The first kappa shape index (κ1) is 12.5. The molecule has 2 aromatic rings. The van der Waals surface area contributed by atoms with E-state index in [0.717, 1.165) is 21.6 Å². The molecule has 20 heavy (non-hydrogen) atoms. The Balaban J connectivity index is 1.73. The van der Waals surface area contributed by atoms with Gasteiger partial charge in [-0.1, -0.05) is 48.3 Å². The van der Waals surface area contributed by atoms with Crippen molar-refractivity contribution in [2.45, 2.75) is 42.1 Å².